The SMILES string of the molecule is CC(C)C[C@@H](C(O)CN(Cc1ccccc1)CC(O)[C@H](CC(C)C)N(C(=O)[O-])C(C)(C)C)N(C(=O)[O-])C(C)(C)C. The fourth-order valence-electron chi connectivity index (χ4n) is 5.47. The molecule has 1 aromatic carbocycles. The number of carbonyl (C=O) groups is 2. The van der Waals surface area contributed by atoms with E-state index >= 15 is 0 Å². The molecule has 4 atom stereocenters. The number of benzene rings is 1. The molecule has 9 nitrogen and oxygen atoms in total. The lowest BCUT2D eigenvalue weighted by atomic mass is 9.92. The fraction of sp³-hybridized carbons (Fsp3) is 0.742. The van der Waals surface area contributed by atoms with Gasteiger partial charge in [-0.3, -0.25) is 4.90 Å². The van der Waals surface area contributed by atoms with Gasteiger partial charge in [0.25, 0.3) is 0 Å². The first-order valence-electron chi connectivity index (χ1n) is 14.4. The van der Waals surface area contributed by atoms with Crippen LogP contribution in [0.3, 0.4) is 0 Å². The topological polar surface area (TPSA) is 130 Å². The van der Waals surface area contributed by atoms with Crippen molar-refractivity contribution in [3.8, 4) is 0 Å². The van der Waals surface area contributed by atoms with E-state index in [1.165, 1.54) is 9.80 Å². The molecule has 2 unspecified atom stereocenters. The van der Waals surface area contributed by atoms with Crippen molar-refractivity contribution in [3.63, 3.8) is 0 Å². The van der Waals surface area contributed by atoms with Crippen LogP contribution >= 0.6 is 0 Å². The van der Waals surface area contributed by atoms with E-state index in [9.17, 15) is 30.0 Å². The minimum Gasteiger partial charge on any atom is -0.530 e. The summed E-state index contributed by atoms with van der Waals surface area (Å²) in [5.74, 6) is 0.215. The Balaban J connectivity index is 3.45. The summed E-state index contributed by atoms with van der Waals surface area (Å²) in [6, 6.07) is 8.11. The van der Waals surface area contributed by atoms with E-state index in [1.807, 2.05) is 62.9 Å². The number of carboxylic acid groups (broad SMARTS) is 2. The molecule has 0 heterocycles. The minimum absolute atomic E-state index is 0.0679. The minimum atomic E-state index is -1.35. The molecule has 0 bridgehead atoms. The Morgan fingerprint density at radius 3 is 1.35 bits per heavy atom. The molecule has 0 aromatic heterocycles. The van der Waals surface area contributed by atoms with Crippen LogP contribution in [0.4, 0.5) is 9.59 Å². The molecule has 1 aromatic rings. The van der Waals surface area contributed by atoms with Crippen molar-refractivity contribution >= 4 is 12.2 Å². The van der Waals surface area contributed by atoms with E-state index in [1.54, 1.807) is 41.5 Å². The molecule has 9 heteroatoms. The van der Waals surface area contributed by atoms with Gasteiger partial charge in [0.1, 0.15) is 12.2 Å². The number of aliphatic hydroxyl groups excluding tert-OH is 2. The Hall–Kier alpha value is -2.36. The molecule has 2 amide bonds. The van der Waals surface area contributed by atoms with Crippen LogP contribution in [-0.2, 0) is 6.54 Å². The molecule has 0 saturated heterocycles. The van der Waals surface area contributed by atoms with Gasteiger partial charge < -0.3 is 39.8 Å². The van der Waals surface area contributed by atoms with Gasteiger partial charge in [-0.15, -0.1) is 0 Å². The van der Waals surface area contributed by atoms with Crippen LogP contribution in [0.1, 0.15) is 87.6 Å². The maximum Gasteiger partial charge on any atom is 0.137 e. The summed E-state index contributed by atoms with van der Waals surface area (Å²) in [5, 5.41) is 47.6. The predicted molar refractivity (Wildman–Crippen MR) is 154 cm³/mol. The molecule has 0 aliphatic heterocycles. The Labute approximate surface area is 241 Å². The van der Waals surface area contributed by atoms with E-state index in [2.05, 4.69) is 0 Å². The van der Waals surface area contributed by atoms with Gasteiger partial charge in [0.15, 0.2) is 0 Å². The summed E-state index contributed by atoms with van der Waals surface area (Å²) in [4.78, 5) is 28.8. The number of rotatable bonds is 14. The van der Waals surface area contributed by atoms with Gasteiger partial charge >= 0.3 is 0 Å². The van der Waals surface area contributed by atoms with E-state index in [0.717, 1.165) is 5.56 Å². The molecule has 1 rings (SSSR count). The summed E-state index contributed by atoms with van der Waals surface area (Å²) in [6.45, 7) is 19.0. The zero-order valence-electron chi connectivity index (χ0n) is 26.3. The monoisotopic (exact) mass is 563 g/mol. The fourth-order valence-corrected chi connectivity index (χ4v) is 5.47. The first-order chi connectivity index (χ1) is 18.2. The van der Waals surface area contributed by atoms with E-state index in [4.69, 9.17) is 0 Å². The second-order valence-corrected chi connectivity index (χ2v) is 13.8. The molecule has 40 heavy (non-hydrogen) atoms. The number of hydrogen-bond donors (Lipinski definition) is 2. The third kappa shape index (κ3) is 11.3. The first-order valence-corrected chi connectivity index (χ1v) is 14.4. The molecule has 0 saturated carbocycles. The molecule has 230 valence electrons. The van der Waals surface area contributed by atoms with Crippen molar-refractivity contribution in [2.75, 3.05) is 13.1 Å². The van der Waals surface area contributed by atoms with Crippen molar-refractivity contribution < 1.29 is 30.0 Å². The summed E-state index contributed by atoms with van der Waals surface area (Å²) in [7, 11) is 0. The van der Waals surface area contributed by atoms with Crippen LogP contribution in [0.15, 0.2) is 30.3 Å². The first kappa shape index (κ1) is 35.7. The lowest BCUT2D eigenvalue weighted by Crippen LogP contribution is -2.62. The van der Waals surface area contributed by atoms with Gasteiger partial charge in [0, 0.05) is 30.7 Å². The smallest absolute Gasteiger partial charge is 0.137 e. The zero-order valence-corrected chi connectivity index (χ0v) is 26.3. The third-order valence-electron chi connectivity index (χ3n) is 6.96. The van der Waals surface area contributed by atoms with Crippen molar-refractivity contribution in [2.24, 2.45) is 11.8 Å². The number of aliphatic hydroxyl groups is 2. The summed E-state index contributed by atoms with van der Waals surface area (Å²) >= 11 is 0. The van der Waals surface area contributed by atoms with E-state index in [0.29, 0.717) is 19.4 Å². The average molecular weight is 564 g/mol. The Morgan fingerprint density at radius 1 is 0.725 bits per heavy atom. The normalized spacial score (nSPS) is 15.7. The van der Waals surface area contributed by atoms with Crippen LogP contribution < -0.4 is 10.2 Å². The van der Waals surface area contributed by atoms with Crippen molar-refractivity contribution in [2.45, 2.75) is 124 Å². The van der Waals surface area contributed by atoms with Crippen molar-refractivity contribution in [1.29, 1.82) is 0 Å². The molecule has 0 fully saturated rings. The zero-order chi connectivity index (χ0) is 31.0. The summed E-state index contributed by atoms with van der Waals surface area (Å²) in [5.41, 5.74) is -0.650. The largest absolute Gasteiger partial charge is 0.530 e. The predicted octanol–water partition coefficient (Wildman–Crippen LogP) is 2.93. The van der Waals surface area contributed by atoms with E-state index < -0.39 is 47.6 Å². The number of hydrogen-bond acceptors (Lipinski definition) is 7. The Bertz CT molecular complexity index is 856. The van der Waals surface area contributed by atoms with Gasteiger partial charge in [0.2, 0.25) is 0 Å². The highest BCUT2D eigenvalue weighted by Crippen LogP contribution is 2.27. The number of nitrogens with zero attached hydrogens (tertiary/aromatic N) is 3. The molecular formula is C31H53N3O6-2. The number of amides is 2. The molecule has 0 radical (unpaired) electrons. The third-order valence-corrected chi connectivity index (χ3v) is 6.96. The maximum absolute atomic E-state index is 12.2. The standard InChI is InChI=1S/C31H55N3O6/c1-21(2)16-24(33(28(37)38)30(5,6)7)26(35)19-32(18-23-14-12-11-13-15-23)20-27(36)25(17-22(3)4)34(29(39)40)31(8,9)10/h11-15,21-22,24-27,35-36H,16-20H2,1-10H3,(H,37,38)(H,39,40)/p-2/t24-,25-,26?,27?/m0/s1. The summed E-state index contributed by atoms with van der Waals surface area (Å²) < 4.78 is 0. The van der Waals surface area contributed by atoms with Gasteiger partial charge in [0.05, 0.1) is 24.3 Å². The molecule has 2 N–H and O–H groups in total. The van der Waals surface area contributed by atoms with Gasteiger partial charge in [-0.1, -0.05) is 58.0 Å². The molecule has 0 aliphatic carbocycles. The quantitative estimate of drug-likeness (QED) is 0.356. The maximum atomic E-state index is 12.2. The van der Waals surface area contributed by atoms with Crippen LogP contribution in [0.2, 0.25) is 0 Å². The average Bonchev–Trinajstić information content (AvgIpc) is 2.75. The lowest BCUT2D eigenvalue weighted by Gasteiger charge is -2.48. The molecule has 0 spiro atoms. The van der Waals surface area contributed by atoms with Gasteiger partial charge in [-0.05, 0) is 71.8 Å². The number of carbonyl (C=O) groups excluding carboxylic acids is 2. The summed E-state index contributed by atoms with van der Waals surface area (Å²) in [6.07, 6.45) is -4.02. The highest BCUT2D eigenvalue weighted by atomic mass is 16.4. The van der Waals surface area contributed by atoms with E-state index in [-0.39, 0.29) is 24.9 Å². The van der Waals surface area contributed by atoms with Crippen LogP contribution in [0, 0.1) is 11.8 Å². The second kappa shape index (κ2) is 15.0. The Kier molecular flexibility index (Phi) is 13.4. The second-order valence-electron chi connectivity index (χ2n) is 13.8. The van der Waals surface area contributed by atoms with Crippen LogP contribution in [0.5, 0.6) is 0 Å². The molecular weight excluding hydrogens is 510 g/mol. The highest BCUT2D eigenvalue weighted by molar-refractivity contribution is 5.64. The van der Waals surface area contributed by atoms with Crippen LogP contribution in [0.25, 0.3) is 0 Å². The molecule has 0 aliphatic rings. The van der Waals surface area contributed by atoms with Crippen molar-refractivity contribution in [1.82, 2.24) is 14.7 Å². The van der Waals surface area contributed by atoms with Gasteiger partial charge in [-0.2, -0.15) is 0 Å². The Morgan fingerprint density at radius 2 is 1.07 bits per heavy atom. The lowest BCUT2D eigenvalue weighted by molar-refractivity contribution is -0.276. The van der Waals surface area contributed by atoms with Crippen LogP contribution in [-0.4, -0.2) is 85.6 Å². The highest BCUT2D eigenvalue weighted by Gasteiger charge is 2.37. The van der Waals surface area contributed by atoms with Crippen molar-refractivity contribution in [3.05, 3.63) is 35.9 Å². The van der Waals surface area contributed by atoms with Gasteiger partial charge in [-0.25, -0.2) is 0 Å².